The summed E-state index contributed by atoms with van der Waals surface area (Å²) in [7, 11) is 1.36. The van der Waals surface area contributed by atoms with Crippen LogP contribution in [-0.2, 0) is 9.53 Å². The fraction of sp³-hybridized carbons (Fsp3) is 0.625. The minimum Gasteiger partial charge on any atom is -0.465 e. The molecule has 1 aromatic heterocycles. The molecule has 2 rings (SSSR count). The SMILES string of the molecule is COC(=O)c1c(NC(=O)CN2CCC[C@@H](C)C2)sc(C)c1C. The number of piperidine rings is 1. The van der Waals surface area contributed by atoms with Gasteiger partial charge < -0.3 is 10.1 Å². The summed E-state index contributed by atoms with van der Waals surface area (Å²) in [5.74, 6) is 0.169. The Balaban J connectivity index is 2.05. The number of carbonyl (C=O) groups is 2. The quantitative estimate of drug-likeness (QED) is 0.865. The molecule has 0 spiro atoms. The van der Waals surface area contributed by atoms with Crippen LogP contribution in [0.25, 0.3) is 0 Å². The zero-order valence-corrected chi connectivity index (χ0v) is 14.5. The molecule has 1 saturated heterocycles. The second-order valence-electron chi connectivity index (χ2n) is 6.01. The van der Waals surface area contributed by atoms with Crippen LogP contribution in [0, 0.1) is 19.8 Å². The highest BCUT2D eigenvalue weighted by Crippen LogP contribution is 2.32. The van der Waals surface area contributed by atoms with Gasteiger partial charge in [0.25, 0.3) is 0 Å². The second kappa shape index (κ2) is 7.24. The zero-order valence-electron chi connectivity index (χ0n) is 13.7. The zero-order chi connectivity index (χ0) is 16.3. The predicted molar refractivity (Wildman–Crippen MR) is 88.6 cm³/mol. The molecule has 1 N–H and O–H groups in total. The molecular weight excluding hydrogens is 300 g/mol. The molecule has 0 radical (unpaired) electrons. The number of likely N-dealkylation sites (tertiary alicyclic amines) is 1. The lowest BCUT2D eigenvalue weighted by Gasteiger charge is -2.30. The fourth-order valence-corrected chi connectivity index (χ4v) is 3.93. The molecule has 0 aromatic carbocycles. The molecule has 1 amide bonds. The van der Waals surface area contributed by atoms with Crippen LogP contribution >= 0.6 is 11.3 Å². The minimum absolute atomic E-state index is 0.0690. The van der Waals surface area contributed by atoms with Crippen molar-refractivity contribution in [3.63, 3.8) is 0 Å². The largest absolute Gasteiger partial charge is 0.465 e. The van der Waals surface area contributed by atoms with Crippen LogP contribution in [0.1, 0.15) is 40.6 Å². The van der Waals surface area contributed by atoms with Crippen LogP contribution in [-0.4, -0.2) is 43.5 Å². The van der Waals surface area contributed by atoms with E-state index in [0.29, 0.717) is 23.0 Å². The number of hydrogen-bond donors (Lipinski definition) is 1. The summed E-state index contributed by atoms with van der Waals surface area (Å²) in [6.45, 7) is 8.32. The van der Waals surface area contributed by atoms with Gasteiger partial charge in [0.05, 0.1) is 19.2 Å². The summed E-state index contributed by atoms with van der Waals surface area (Å²) in [5, 5.41) is 3.48. The van der Waals surface area contributed by atoms with Gasteiger partial charge in [-0.05, 0) is 44.7 Å². The molecule has 22 heavy (non-hydrogen) atoms. The maximum Gasteiger partial charge on any atom is 0.341 e. The summed E-state index contributed by atoms with van der Waals surface area (Å²) in [4.78, 5) is 27.4. The van der Waals surface area contributed by atoms with E-state index in [1.54, 1.807) is 0 Å². The molecule has 0 saturated carbocycles. The van der Waals surface area contributed by atoms with Crippen LogP contribution < -0.4 is 5.32 Å². The normalized spacial score (nSPS) is 19.0. The Morgan fingerprint density at radius 2 is 2.14 bits per heavy atom. The number of methoxy groups -OCH3 is 1. The van der Waals surface area contributed by atoms with Gasteiger partial charge in [0, 0.05) is 11.4 Å². The van der Waals surface area contributed by atoms with Gasteiger partial charge in [-0.25, -0.2) is 4.79 Å². The molecule has 1 fully saturated rings. The monoisotopic (exact) mass is 324 g/mol. The molecule has 2 heterocycles. The van der Waals surface area contributed by atoms with E-state index in [9.17, 15) is 9.59 Å². The van der Waals surface area contributed by atoms with E-state index in [2.05, 4.69) is 17.1 Å². The first-order chi connectivity index (χ1) is 10.4. The van der Waals surface area contributed by atoms with Crippen molar-refractivity contribution in [1.29, 1.82) is 0 Å². The van der Waals surface area contributed by atoms with Crippen LogP contribution in [0.2, 0.25) is 0 Å². The Kier molecular flexibility index (Phi) is 5.58. The number of anilines is 1. The minimum atomic E-state index is -0.399. The molecule has 5 nitrogen and oxygen atoms in total. The first kappa shape index (κ1) is 17.0. The van der Waals surface area contributed by atoms with Gasteiger partial charge in [0.1, 0.15) is 5.00 Å². The summed E-state index contributed by atoms with van der Waals surface area (Å²) in [6.07, 6.45) is 2.37. The summed E-state index contributed by atoms with van der Waals surface area (Å²) < 4.78 is 4.82. The van der Waals surface area contributed by atoms with Crippen LogP contribution in [0.5, 0.6) is 0 Å². The lowest BCUT2D eigenvalue weighted by atomic mass is 10.0. The fourth-order valence-electron chi connectivity index (χ4n) is 2.86. The van der Waals surface area contributed by atoms with Crippen molar-refractivity contribution in [1.82, 2.24) is 4.90 Å². The third-order valence-electron chi connectivity index (χ3n) is 4.14. The smallest absolute Gasteiger partial charge is 0.341 e. The lowest BCUT2D eigenvalue weighted by molar-refractivity contribution is -0.117. The third-order valence-corrected chi connectivity index (χ3v) is 5.26. The Bertz CT molecular complexity index is 568. The molecule has 0 bridgehead atoms. The predicted octanol–water partition coefficient (Wildman–Crippen LogP) is 2.82. The van der Waals surface area contributed by atoms with Crippen molar-refractivity contribution < 1.29 is 14.3 Å². The van der Waals surface area contributed by atoms with Gasteiger partial charge in [-0.15, -0.1) is 11.3 Å². The summed E-state index contributed by atoms with van der Waals surface area (Å²) in [6, 6.07) is 0. The Hall–Kier alpha value is -1.40. The first-order valence-corrected chi connectivity index (χ1v) is 8.44. The van der Waals surface area contributed by atoms with Gasteiger partial charge in [0.15, 0.2) is 0 Å². The van der Waals surface area contributed by atoms with Crippen molar-refractivity contribution in [3.05, 3.63) is 16.0 Å². The maximum absolute atomic E-state index is 12.3. The van der Waals surface area contributed by atoms with Crippen molar-refractivity contribution in [2.75, 3.05) is 32.1 Å². The number of nitrogens with one attached hydrogen (secondary N) is 1. The number of ether oxygens (including phenoxy) is 1. The summed E-state index contributed by atoms with van der Waals surface area (Å²) >= 11 is 1.42. The molecule has 0 aliphatic carbocycles. The molecule has 122 valence electrons. The van der Waals surface area contributed by atoms with Crippen molar-refractivity contribution >= 4 is 28.2 Å². The number of carbonyl (C=O) groups excluding carboxylic acids is 2. The van der Waals surface area contributed by atoms with Crippen LogP contribution in [0.15, 0.2) is 0 Å². The van der Waals surface area contributed by atoms with E-state index in [1.807, 2.05) is 13.8 Å². The van der Waals surface area contributed by atoms with E-state index in [0.717, 1.165) is 30.0 Å². The highest BCUT2D eigenvalue weighted by Gasteiger charge is 2.23. The number of nitrogens with zero attached hydrogens (tertiary/aromatic N) is 1. The number of hydrogen-bond acceptors (Lipinski definition) is 5. The molecule has 1 aliphatic heterocycles. The number of thiophene rings is 1. The number of aryl methyl sites for hydroxylation is 1. The number of esters is 1. The van der Waals surface area contributed by atoms with E-state index in [1.165, 1.54) is 24.9 Å². The Morgan fingerprint density at radius 1 is 1.41 bits per heavy atom. The Morgan fingerprint density at radius 3 is 2.77 bits per heavy atom. The van der Waals surface area contributed by atoms with Crippen molar-refractivity contribution in [2.45, 2.75) is 33.6 Å². The first-order valence-electron chi connectivity index (χ1n) is 7.62. The maximum atomic E-state index is 12.3. The highest BCUT2D eigenvalue weighted by molar-refractivity contribution is 7.16. The number of amides is 1. The van der Waals surface area contributed by atoms with Gasteiger partial charge in [-0.1, -0.05) is 6.92 Å². The molecular formula is C16H24N2O3S. The van der Waals surface area contributed by atoms with E-state index in [-0.39, 0.29) is 5.91 Å². The highest BCUT2D eigenvalue weighted by atomic mass is 32.1. The number of rotatable bonds is 4. The van der Waals surface area contributed by atoms with Crippen molar-refractivity contribution in [2.24, 2.45) is 5.92 Å². The Labute approximate surface area is 135 Å². The van der Waals surface area contributed by atoms with Gasteiger partial charge >= 0.3 is 5.97 Å². The van der Waals surface area contributed by atoms with E-state index in [4.69, 9.17) is 4.74 Å². The molecule has 1 aromatic rings. The average molecular weight is 324 g/mol. The third kappa shape index (κ3) is 3.87. The molecule has 6 heteroatoms. The molecule has 0 unspecified atom stereocenters. The average Bonchev–Trinajstić information content (AvgIpc) is 2.72. The topological polar surface area (TPSA) is 58.6 Å². The van der Waals surface area contributed by atoms with Crippen molar-refractivity contribution in [3.8, 4) is 0 Å². The lowest BCUT2D eigenvalue weighted by Crippen LogP contribution is -2.39. The van der Waals surface area contributed by atoms with Gasteiger partial charge in [-0.2, -0.15) is 0 Å². The van der Waals surface area contributed by atoms with Crippen LogP contribution in [0.3, 0.4) is 0 Å². The van der Waals surface area contributed by atoms with Gasteiger partial charge in [0.2, 0.25) is 5.91 Å². The van der Waals surface area contributed by atoms with Crippen LogP contribution in [0.4, 0.5) is 5.00 Å². The summed E-state index contributed by atoms with van der Waals surface area (Å²) in [5.41, 5.74) is 1.35. The standard InChI is InChI=1S/C16H24N2O3S/c1-10-6-5-7-18(8-10)9-13(19)17-15-14(16(20)21-4)11(2)12(3)22-15/h10H,5-9H2,1-4H3,(H,17,19)/t10-/m1/s1. The van der Waals surface area contributed by atoms with E-state index < -0.39 is 5.97 Å². The van der Waals surface area contributed by atoms with Gasteiger partial charge in [-0.3, -0.25) is 9.69 Å². The second-order valence-corrected chi connectivity index (χ2v) is 7.23. The molecule has 1 atom stereocenters. The molecule has 1 aliphatic rings. The van der Waals surface area contributed by atoms with E-state index >= 15 is 0 Å².